The highest BCUT2D eigenvalue weighted by Gasteiger charge is 2.52. The number of ether oxygens (including phenoxy) is 2. The summed E-state index contributed by atoms with van der Waals surface area (Å²) in [7, 11) is -4.27. The molecule has 15 heteroatoms. The van der Waals surface area contributed by atoms with Gasteiger partial charge in [0.1, 0.15) is 5.75 Å². The largest absolute Gasteiger partial charge is 0.501 e. The fourth-order valence-corrected chi connectivity index (χ4v) is 7.52. The number of fused-ring (bicyclic) bond motifs is 2. The molecule has 4 atom stereocenters. The normalized spacial score (nSPS) is 26.2. The van der Waals surface area contributed by atoms with Gasteiger partial charge in [-0.15, -0.1) is 0 Å². The van der Waals surface area contributed by atoms with Crippen LogP contribution in [0.5, 0.6) is 11.5 Å². The molecule has 10 nitrogen and oxygen atoms in total. The Morgan fingerprint density at radius 1 is 0.933 bits per heavy atom. The Bertz CT molecular complexity index is 1570. The number of amides is 2. The summed E-state index contributed by atoms with van der Waals surface area (Å²) in [4.78, 5) is 37.2. The highest BCUT2D eigenvalue weighted by atomic mass is 32.2. The summed E-state index contributed by atoms with van der Waals surface area (Å²) in [6.07, 6.45) is 3.32. The van der Waals surface area contributed by atoms with Crippen LogP contribution in [0.3, 0.4) is 0 Å². The molecule has 2 bridgehead atoms. The molecule has 0 spiro atoms. The number of rotatable bonds is 9. The highest BCUT2D eigenvalue weighted by Crippen LogP contribution is 2.49. The molecule has 3 N–H and O–H groups in total. The molecule has 0 aromatic heterocycles. The molecule has 45 heavy (non-hydrogen) atoms. The van der Waals surface area contributed by atoms with E-state index in [-0.39, 0.29) is 34.6 Å². The summed E-state index contributed by atoms with van der Waals surface area (Å²) >= 11 is 0. The van der Waals surface area contributed by atoms with Crippen LogP contribution in [-0.4, -0.2) is 56.1 Å². The summed E-state index contributed by atoms with van der Waals surface area (Å²) in [6.45, 7) is 0. The molecule has 5 rings (SSSR count). The van der Waals surface area contributed by atoms with Crippen molar-refractivity contribution in [1.29, 1.82) is 0 Å². The van der Waals surface area contributed by atoms with Gasteiger partial charge in [-0.05, 0) is 87.1 Å². The molecular formula is C30H32F4N2O8S. The van der Waals surface area contributed by atoms with Gasteiger partial charge in [0.2, 0.25) is 5.91 Å². The number of methoxy groups -OCH3 is 1. The maximum absolute atomic E-state index is 14.9. The van der Waals surface area contributed by atoms with Crippen LogP contribution in [0.15, 0.2) is 41.3 Å². The fraction of sp³-hybridized carbons (Fsp3) is 0.500. The number of halogens is 4. The lowest BCUT2D eigenvalue weighted by atomic mass is 9.83. The molecule has 3 aliphatic rings. The minimum Gasteiger partial charge on any atom is -0.496 e. The van der Waals surface area contributed by atoms with Crippen LogP contribution in [0.1, 0.15) is 55.3 Å². The van der Waals surface area contributed by atoms with Gasteiger partial charge in [0.25, 0.3) is 15.7 Å². The number of carboxylic acids is 1. The van der Waals surface area contributed by atoms with Crippen LogP contribution < -0.4 is 20.1 Å². The van der Waals surface area contributed by atoms with Gasteiger partial charge in [0.05, 0.1) is 35.5 Å². The van der Waals surface area contributed by atoms with E-state index in [9.17, 15) is 45.5 Å². The molecule has 2 aromatic carbocycles. The second kappa shape index (κ2) is 12.5. The Morgan fingerprint density at radius 2 is 1.58 bits per heavy atom. The predicted molar refractivity (Wildman–Crippen MR) is 151 cm³/mol. The number of hydrogen-bond donors (Lipinski definition) is 3. The number of carbonyl (C=O) groups is 3. The van der Waals surface area contributed by atoms with Gasteiger partial charge in [-0.25, -0.2) is 12.8 Å². The lowest BCUT2D eigenvalue weighted by Gasteiger charge is -2.31. The Balaban J connectivity index is 1.30. The van der Waals surface area contributed by atoms with Gasteiger partial charge in [-0.2, -0.15) is 13.2 Å². The molecule has 3 saturated carbocycles. The third-order valence-corrected chi connectivity index (χ3v) is 10.6. The smallest absolute Gasteiger partial charge is 0.496 e. The van der Waals surface area contributed by atoms with Crippen LogP contribution in [-0.2, 0) is 19.4 Å². The molecule has 2 aromatic rings. The SMILES string of the molecule is COc1cc(F)c(OC2CCC(C(=O)O)CC2)cc1C(=O)N[C@@H]1[C@H]2CC[C@H](C2)[C@@H]1C(=O)Nc1ccc(S(=O)(=O)C(F)(F)F)cc1. The number of hydrogen-bond acceptors (Lipinski definition) is 7. The van der Waals surface area contributed by atoms with E-state index in [0.717, 1.165) is 43.2 Å². The average molecular weight is 657 g/mol. The molecule has 244 valence electrons. The van der Waals surface area contributed by atoms with E-state index >= 15 is 0 Å². The van der Waals surface area contributed by atoms with E-state index in [2.05, 4.69) is 10.6 Å². The highest BCUT2D eigenvalue weighted by molar-refractivity contribution is 7.92. The third-order valence-electron chi connectivity index (χ3n) is 9.07. The number of carbonyl (C=O) groups excluding carboxylic acids is 2. The molecule has 2 amide bonds. The maximum Gasteiger partial charge on any atom is 0.501 e. The summed E-state index contributed by atoms with van der Waals surface area (Å²) in [5, 5.41) is 14.8. The maximum atomic E-state index is 14.9. The molecule has 0 radical (unpaired) electrons. The van der Waals surface area contributed by atoms with Crippen molar-refractivity contribution in [3.63, 3.8) is 0 Å². The number of nitrogens with one attached hydrogen (secondary N) is 2. The molecule has 3 fully saturated rings. The quantitative estimate of drug-likeness (QED) is 0.322. The van der Waals surface area contributed by atoms with Gasteiger partial charge in [-0.3, -0.25) is 14.4 Å². The number of anilines is 1. The lowest BCUT2D eigenvalue weighted by molar-refractivity contribution is -0.143. The monoisotopic (exact) mass is 656 g/mol. The van der Waals surface area contributed by atoms with Crippen LogP contribution in [0.25, 0.3) is 0 Å². The second-order valence-corrected chi connectivity index (χ2v) is 13.7. The minimum atomic E-state index is -5.54. The number of carboxylic acid groups (broad SMARTS) is 1. The number of sulfone groups is 1. The van der Waals surface area contributed by atoms with Crippen LogP contribution in [0, 0.1) is 29.5 Å². The Morgan fingerprint density at radius 3 is 2.18 bits per heavy atom. The second-order valence-electron chi connectivity index (χ2n) is 11.7. The summed E-state index contributed by atoms with van der Waals surface area (Å²) < 4.78 is 87.9. The van der Waals surface area contributed by atoms with E-state index in [0.29, 0.717) is 32.1 Å². The van der Waals surface area contributed by atoms with Crippen LogP contribution >= 0.6 is 0 Å². The molecular weight excluding hydrogens is 624 g/mol. The van der Waals surface area contributed by atoms with Crippen molar-refractivity contribution in [2.45, 2.75) is 67.5 Å². The van der Waals surface area contributed by atoms with Crippen molar-refractivity contribution in [3.8, 4) is 11.5 Å². The summed E-state index contributed by atoms with van der Waals surface area (Å²) in [5.41, 5.74) is -5.39. The standard InChI is InChI=1S/C30H32F4N2O8S/c1-43-23-14-22(31)24(44-19-8-4-15(5-9-19)29(39)40)13-21(23)27(37)36-26-17-3-2-16(12-17)25(26)28(38)35-18-6-10-20(11-7-18)45(41,42)30(32,33)34/h6-7,10-11,13-17,19,25-26H,2-5,8-9,12H2,1H3,(H,35,38)(H,36,37)(H,39,40)/t15?,16-,17+,19?,25+,26-/m1/s1. The third kappa shape index (κ3) is 6.58. The van der Waals surface area contributed by atoms with Gasteiger partial charge in [0.15, 0.2) is 11.6 Å². The van der Waals surface area contributed by atoms with Crippen LogP contribution in [0.4, 0.5) is 23.2 Å². The topological polar surface area (TPSA) is 148 Å². The molecule has 0 aliphatic heterocycles. The van der Waals surface area contributed by atoms with Crippen molar-refractivity contribution in [1.82, 2.24) is 5.32 Å². The zero-order valence-electron chi connectivity index (χ0n) is 24.1. The zero-order chi connectivity index (χ0) is 32.7. The summed E-state index contributed by atoms with van der Waals surface area (Å²) in [6, 6.07) is 5.30. The number of benzene rings is 2. The molecule has 0 unspecified atom stereocenters. The lowest BCUT2D eigenvalue weighted by Crippen LogP contribution is -2.48. The predicted octanol–water partition coefficient (Wildman–Crippen LogP) is 4.93. The Kier molecular flexibility index (Phi) is 9.02. The first-order valence-electron chi connectivity index (χ1n) is 14.5. The van der Waals surface area contributed by atoms with Crippen LogP contribution in [0.2, 0.25) is 0 Å². The van der Waals surface area contributed by atoms with E-state index in [1.165, 1.54) is 13.2 Å². The molecule has 3 aliphatic carbocycles. The van der Waals surface area contributed by atoms with E-state index in [4.69, 9.17) is 9.47 Å². The number of aliphatic carboxylic acids is 1. The van der Waals surface area contributed by atoms with Crippen molar-refractivity contribution in [2.75, 3.05) is 12.4 Å². The average Bonchev–Trinajstić information content (AvgIpc) is 3.60. The van der Waals surface area contributed by atoms with Crippen molar-refractivity contribution in [2.24, 2.45) is 23.7 Å². The van der Waals surface area contributed by atoms with E-state index in [1.807, 2.05) is 0 Å². The summed E-state index contributed by atoms with van der Waals surface area (Å²) in [5.74, 6) is -4.24. The molecule has 0 saturated heterocycles. The minimum absolute atomic E-state index is 0.0171. The molecule has 0 heterocycles. The fourth-order valence-electron chi connectivity index (χ4n) is 6.76. The first-order chi connectivity index (χ1) is 21.2. The first kappa shape index (κ1) is 32.5. The number of alkyl halides is 3. The van der Waals surface area contributed by atoms with Gasteiger partial charge in [0, 0.05) is 17.8 Å². The Hall–Kier alpha value is -3.88. The Labute approximate surface area is 256 Å². The first-order valence-corrected chi connectivity index (χ1v) is 16.0. The van der Waals surface area contributed by atoms with Gasteiger partial charge in [-0.1, -0.05) is 0 Å². The van der Waals surface area contributed by atoms with Crippen molar-refractivity contribution in [3.05, 3.63) is 47.8 Å². The zero-order valence-corrected chi connectivity index (χ0v) is 24.9. The van der Waals surface area contributed by atoms with Gasteiger partial charge < -0.3 is 25.2 Å². The van der Waals surface area contributed by atoms with E-state index < -0.39 is 67.8 Å². The van der Waals surface area contributed by atoms with E-state index in [1.54, 1.807) is 0 Å². The van der Waals surface area contributed by atoms with Gasteiger partial charge >= 0.3 is 11.5 Å². The van der Waals surface area contributed by atoms with Crippen molar-refractivity contribution < 1.29 is 54.9 Å². The van der Waals surface area contributed by atoms with Crippen molar-refractivity contribution >= 4 is 33.3 Å².